The van der Waals surface area contributed by atoms with Crippen LogP contribution in [0.3, 0.4) is 0 Å². The van der Waals surface area contributed by atoms with Crippen molar-refractivity contribution in [2.24, 2.45) is 0 Å². The zero-order valence-corrected chi connectivity index (χ0v) is 32.1. The van der Waals surface area contributed by atoms with Crippen LogP contribution in [0.15, 0.2) is 0 Å². The van der Waals surface area contributed by atoms with Crippen LogP contribution < -0.4 is 20.7 Å². The van der Waals surface area contributed by atoms with Gasteiger partial charge in [-0.05, 0) is 12.8 Å². The van der Waals surface area contributed by atoms with Gasteiger partial charge in [-0.15, -0.1) is 0 Å². The van der Waals surface area contributed by atoms with Gasteiger partial charge in [0, 0.05) is 60.0 Å². The van der Waals surface area contributed by atoms with Crippen LogP contribution in [-0.4, -0.2) is 125 Å². The lowest BCUT2D eigenvalue weighted by Crippen LogP contribution is -2.66. The number of ether oxygens (including phenoxy) is 8. The maximum absolute atomic E-state index is 13.6. The fraction of sp³-hybridized carbons (Fsp3) is 0.629. The molecule has 23 heteroatoms. The number of hydrogen-bond donors (Lipinski definition) is 3. The molecule has 0 saturated carbocycles. The average molecular weight is 844 g/mol. The van der Waals surface area contributed by atoms with E-state index in [2.05, 4.69) is 20.7 Å². The van der Waals surface area contributed by atoms with Crippen LogP contribution in [0.25, 0.3) is 0 Å². The molecule has 1 heterocycles. The van der Waals surface area contributed by atoms with E-state index in [0.717, 1.165) is 20.8 Å². The number of carbonyl (C=O) groups excluding carboxylic acids is 7. The van der Waals surface area contributed by atoms with Gasteiger partial charge < -0.3 is 53.8 Å². The number of esters is 4. The summed E-state index contributed by atoms with van der Waals surface area (Å²) in [5.41, 5.74) is 0. The number of benzene rings is 1. The quantitative estimate of drug-likeness (QED) is 0.0253. The molecule has 1 saturated heterocycles. The molecule has 3 amide bonds. The van der Waals surface area contributed by atoms with Gasteiger partial charge in [0.1, 0.15) is 18.8 Å². The van der Waals surface area contributed by atoms with Gasteiger partial charge in [-0.1, -0.05) is 0 Å². The lowest BCUT2D eigenvalue weighted by Gasteiger charge is -2.44. The molecule has 326 valence electrons. The Bertz CT molecular complexity index is 1580. The van der Waals surface area contributed by atoms with Crippen molar-refractivity contribution in [3.8, 4) is 5.75 Å². The number of amides is 3. The van der Waals surface area contributed by atoms with Crippen molar-refractivity contribution in [1.29, 1.82) is 0 Å². The van der Waals surface area contributed by atoms with Crippen LogP contribution in [0, 0.1) is 29.1 Å². The van der Waals surface area contributed by atoms with Crippen molar-refractivity contribution < 1.29 is 93.4 Å². The topological polar surface area (TPSA) is 229 Å². The predicted molar refractivity (Wildman–Crippen MR) is 183 cm³/mol. The normalized spacial score (nSPS) is 18.7. The Labute approximate surface area is 329 Å². The maximum atomic E-state index is 13.6. The van der Waals surface area contributed by atoms with Crippen molar-refractivity contribution >= 4 is 41.6 Å². The molecule has 2 rings (SSSR count). The number of hydrogen-bond acceptors (Lipinski definition) is 15. The average Bonchev–Trinajstić information content (AvgIpc) is 3.15. The third kappa shape index (κ3) is 17.2. The van der Waals surface area contributed by atoms with Crippen LogP contribution in [0.4, 0.5) is 22.0 Å². The van der Waals surface area contributed by atoms with Crippen molar-refractivity contribution in [2.45, 2.75) is 90.4 Å². The molecule has 5 atom stereocenters. The highest BCUT2D eigenvalue weighted by Crippen LogP contribution is 2.30. The predicted octanol–water partition coefficient (Wildman–Crippen LogP) is 1.18. The lowest BCUT2D eigenvalue weighted by atomic mass is 9.96. The molecule has 0 spiro atoms. The van der Waals surface area contributed by atoms with Gasteiger partial charge in [0.2, 0.25) is 52.6 Å². The second-order valence-corrected chi connectivity index (χ2v) is 12.3. The zero-order chi connectivity index (χ0) is 43.4. The zero-order valence-electron chi connectivity index (χ0n) is 32.1. The smallest absolute Gasteiger partial charge is 0.311 e. The summed E-state index contributed by atoms with van der Waals surface area (Å²) in [6.07, 6.45) is -5.51. The van der Waals surface area contributed by atoms with E-state index < -0.39 is 108 Å². The highest BCUT2D eigenvalue weighted by Gasteiger charge is 2.51. The Hall–Kier alpha value is -5.00. The van der Waals surface area contributed by atoms with E-state index in [1.807, 2.05) is 0 Å². The summed E-state index contributed by atoms with van der Waals surface area (Å²) < 4.78 is 109. The summed E-state index contributed by atoms with van der Waals surface area (Å²) in [5, 5.41) is 7.71. The highest BCUT2D eigenvalue weighted by molar-refractivity contribution is 5.78. The molecule has 3 N–H and O–H groups in total. The summed E-state index contributed by atoms with van der Waals surface area (Å²) in [5.74, 6) is -18.1. The summed E-state index contributed by atoms with van der Waals surface area (Å²) >= 11 is 0. The van der Waals surface area contributed by atoms with Gasteiger partial charge in [0.05, 0.1) is 33.0 Å². The van der Waals surface area contributed by atoms with Crippen molar-refractivity contribution in [1.82, 2.24) is 16.0 Å². The van der Waals surface area contributed by atoms with Crippen LogP contribution in [-0.2, 0) is 66.7 Å². The van der Waals surface area contributed by atoms with E-state index in [-0.39, 0.29) is 84.3 Å². The molecule has 1 aliphatic heterocycles. The number of carbonyl (C=O) groups is 7. The molecule has 1 aromatic carbocycles. The van der Waals surface area contributed by atoms with Gasteiger partial charge in [0.25, 0.3) is 0 Å². The number of rotatable bonds is 24. The summed E-state index contributed by atoms with van der Waals surface area (Å²) in [7, 11) is 0. The monoisotopic (exact) mass is 843 g/mol. The maximum Gasteiger partial charge on any atom is 0.311 e. The number of nitrogens with one attached hydrogen (secondary N) is 3. The molecule has 0 radical (unpaired) electrons. The molecule has 1 fully saturated rings. The van der Waals surface area contributed by atoms with E-state index in [9.17, 15) is 55.5 Å². The second-order valence-electron chi connectivity index (χ2n) is 12.3. The largest absolute Gasteiger partial charge is 0.463 e. The van der Waals surface area contributed by atoms with E-state index in [1.165, 1.54) is 6.92 Å². The van der Waals surface area contributed by atoms with Gasteiger partial charge in [-0.2, -0.15) is 8.78 Å². The summed E-state index contributed by atoms with van der Waals surface area (Å²) in [6.45, 7) is 4.88. The van der Waals surface area contributed by atoms with Gasteiger partial charge in [-0.25, -0.2) is 13.2 Å². The molecule has 1 aliphatic rings. The Morgan fingerprint density at radius 1 is 0.621 bits per heavy atom. The van der Waals surface area contributed by atoms with Crippen molar-refractivity contribution in [3.63, 3.8) is 0 Å². The Balaban J connectivity index is 1.61. The Kier molecular flexibility index (Phi) is 21.5. The highest BCUT2D eigenvalue weighted by atomic mass is 19.2. The molecule has 0 bridgehead atoms. The molecule has 0 aliphatic carbocycles. The minimum atomic E-state index is -2.40. The SMILES string of the molecule is CC(=O)NC1C(OCCOCCOCCNC(=O)CCCNC(=O)CCCC(=O)Oc2c(F)c(F)c(F)c(F)c2F)OC(COC(C)=O)C(OC(C)=O)C1OC(C)=O. The van der Waals surface area contributed by atoms with Crippen LogP contribution in [0.5, 0.6) is 5.75 Å². The minimum absolute atomic E-state index is 0.0284. The van der Waals surface area contributed by atoms with Crippen LogP contribution in [0.1, 0.15) is 59.8 Å². The fourth-order valence-electron chi connectivity index (χ4n) is 5.13. The molecular weight excluding hydrogens is 797 g/mol. The minimum Gasteiger partial charge on any atom is -0.463 e. The first-order valence-corrected chi connectivity index (χ1v) is 17.9. The first kappa shape index (κ1) is 49.1. The fourth-order valence-corrected chi connectivity index (χ4v) is 5.13. The molecular formula is C35H46F5N3O15. The third-order valence-corrected chi connectivity index (χ3v) is 7.59. The molecule has 5 unspecified atom stereocenters. The van der Waals surface area contributed by atoms with Gasteiger partial charge >= 0.3 is 23.9 Å². The molecule has 58 heavy (non-hydrogen) atoms. The lowest BCUT2D eigenvalue weighted by molar-refractivity contribution is -0.279. The van der Waals surface area contributed by atoms with E-state index in [1.54, 1.807) is 0 Å². The van der Waals surface area contributed by atoms with Gasteiger partial charge in [-0.3, -0.25) is 33.6 Å². The molecule has 18 nitrogen and oxygen atoms in total. The third-order valence-electron chi connectivity index (χ3n) is 7.59. The van der Waals surface area contributed by atoms with E-state index >= 15 is 0 Å². The van der Waals surface area contributed by atoms with Crippen molar-refractivity contribution in [3.05, 3.63) is 29.1 Å². The Morgan fingerprint density at radius 2 is 1.16 bits per heavy atom. The van der Waals surface area contributed by atoms with Crippen molar-refractivity contribution in [2.75, 3.05) is 52.7 Å². The van der Waals surface area contributed by atoms with Crippen LogP contribution >= 0.6 is 0 Å². The van der Waals surface area contributed by atoms with E-state index in [4.69, 9.17) is 33.2 Å². The number of halogens is 5. The van der Waals surface area contributed by atoms with E-state index in [0.29, 0.717) is 0 Å². The molecule has 1 aromatic rings. The summed E-state index contributed by atoms with van der Waals surface area (Å²) in [4.78, 5) is 83.0. The Morgan fingerprint density at radius 3 is 1.74 bits per heavy atom. The van der Waals surface area contributed by atoms with Gasteiger partial charge in [0.15, 0.2) is 18.5 Å². The molecule has 0 aromatic heterocycles. The summed E-state index contributed by atoms with van der Waals surface area (Å²) in [6, 6.07) is -1.13. The second kappa shape index (κ2) is 25.4. The first-order chi connectivity index (χ1) is 27.4. The first-order valence-electron chi connectivity index (χ1n) is 17.9. The van der Waals surface area contributed by atoms with Crippen LogP contribution in [0.2, 0.25) is 0 Å². The standard InChI is InChI=1S/C35H46F5N3O15/c1-18(44)43-31-34(56-21(4)47)32(55-20(3)46)22(17-54-19(2)45)57-35(31)53-16-15-52-14-13-51-12-11-42-24(49)8-6-10-41-23(48)7-5-9-25(50)58-33-29(39)27(37)26(36)28(38)30(33)40/h22,31-32,34-35H,5-17H2,1-4H3,(H,41,48)(H,42,49)(H,43,44).